The van der Waals surface area contributed by atoms with E-state index in [2.05, 4.69) is 29.4 Å². The van der Waals surface area contributed by atoms with Crippen molar-refractivity contribution in [2.24, 2.45) is 5.73 Å². The normalized spacial score (nSPS) is 18.9. The first kappa shape index (κ1) is 34.3. The Bertz CT molecular complexity index is 1550. The summed E-state index contributed by atoms with van der Waals surface area (Å²) in [7, 11) is 5.50. The van der Waals surface area contributed by atoms with Gasteiger partial charge in [-0.3, -0.25) is 14.4 Å². The van der Waals surface area contributed by atoms with E-state index in [1.807, 2.05) is 66.7 Å². The van der Waals surface area contributed by atoms with E-state index in [1.165, 1.54) is 11.3 Å². The van der Waals surface area contributed by atoms with E-state index in [-0.39, 0.29) is 23.3 Å². The van der Waals surface area contributed by atoms with Gasteiger partial charge >= 0.3 is 0 Å². The number of nitrogens with two attached hydrogens (primary N) is 1. The molecule has 0 radical (unpaired) electrons. The number of fused-ring (bicyclic) bond motifs is 1. The minimum absolute atomic E-state index is 0.183. The number of hydrogen-bond acceptors (Lipinski definition) is 5. The summed E-state index contributed by atoms with van der Waals surface area (Å²) in [5.74, 6) is -0.717. The van der Waals surface area contributed by atoms with Gasteiger partial charge in [0.05, 0.1) is 0 Å². The summed E-state index contributed by atoms with van der Waals surface area (Å²) in [6.45, 7) is 1.63. The van der Waals surface area contributed by atoms with E-state index in [9.17, 15) is 14.4 Å². The zero-order valence-corrected chi connectivity index (χ0v) is 28.2. The molecule has 1 aliphatic carbocycles. The average molecular weight is 638 g/mol. The van der Waals surface area contributed by atoms with Gasteiger partial charge in [-0.2, -0.15) is 0 Å². The van der Waals surface area contributed by atoms with Crippen molar-refractivity contribution in [3.8, 4) is 0 Å². The molecule has 1 saturated carbocycles. The Morgan fingerprint density at radius 2 is 1.62 bits per heavy atom. The number of carbonyl (C=O) groups excluding carboxylic acids is 3. The molecule has 2 fully saturated rings. The van der Waals surface area contributed by atoms with E-state index < -0.39 is 12.1 Å². The van der Waals surface area contributed by atoms with E-state index in [0.717, 1.165) is 60.5 Å². The molecule has 3 aromatic carbocycles. The zero-order chi connectivity index (χ0) is 33.4. The third-order valence-corrected chi connectivity index (χ3v) is 10.3. The summed E-state index contributed by atoms with van der Waals surface area (Å²) in [5, 5.41) is 5.32. The number of carbonyl (C=O) groups is 3. The SMILES string of the molecule is CN1CCCC1CCNC(=O)C(Cc1ccccc1)N(C)C(=O)[C@@H](Cc1ccc2ccccc2c1)N(C)C(=O)/C=C/CC1(N)CCC1. The molecule has 1 aliphatic heterocycles. The van der Waals surface area contributed by atoms with Crippen LogP contribution in [-0.2, 0) is 27.2 Å². The monoisotopic (exact) mass is 637 g/mol. The fourth-order valence-corrected chi connectivity index (χ4v) is 6.93. The van der Waals surface area contributed by atoms with Gasteiger partial charge in [0.1, 0.15) is 12.1 Å². The molecule has 3 amide bonds. The second-order valence-electron chi connectivity index (χ2n) is 13.7. The van der Waals surface area contributed by atoms with Crippen LogP contribution in [-0.4, -0.2) is 90.3 Å². The summed E-state index contributed by atoms with van der Waals surface area (Å²) >= 11 is 0. The van der Waals surface area contributed by atoms with Crippen molar-refractivity contribution in [3.05, 3.63) is 96.1 Å². The van der Waals surface area contributed by atoms with Gasteiger partial charge in [0.2, 0.25) is 17.7 Å². The maximum absolute atomic E-state index is 14.5. The fourth-order valence-electron chi connectivity index (χ4n) is 6.93. The van der Waals surface area contributed by atoms with Crippen LogP contribution in [0.15, 0.2) is 84.9 Å². The topological polar surface area (TPSA) is 99.0 Å². The highest BCUT2D eigenvalue weighted by Crippen LogP contribution is 2.32. The molecule has 0 bridgehead atoms. The van der Waals surface area contributed by atoms with Crippen LogP contribution in [0, 0.1) is 0 Å². The Balaban J connectivity index is 1.37. The molecule has 0 aromatic heterocycles. The van der Waals surface area contributed by atoms with Crippen molar-refractivity contribution in [1.82, 2.24) is 20.0 Å². The van der Waals surface area contributed by atoms with Crippen molar-refractivity contribution in [1.29, 1.82) is 0 Å². The number of nitrogens with one attached hydrogen (secondary N) is 1. The molecule has 2 aliphatic rings. The van der Waals surface area contributed by atoms with Crippen LogP contribution in [0.4, 0.5) is 0 Å². The molecule has 3 atom stereocenters. The van der Waals surface area contributed by atoms with Crippen molar-refractivity contribution in [2.75, 3.05) is 34.2 Å². The number of likely N-dealkylation sites (N-methyl/N-ethyl adjacent to an activating group) is 2. The summed E-state index contributed by atoms with van der Waals surface area (Å²) < 4.78 is 0. The number of likely N-dealkylation sites (tertiary alicyclic amines) is 1. The Kier molecular flexibility index (Phi) is 11.5. The van der Waals surface area contributed by atoms with Gasteiger partial charge < -0.3 is 25.8 Å². The molecule has 0 spiro atoms. The van der Waals surface area contributed by atoms with Gasteiger partial charge in [0.15, 0.2) is 0 Å². The Hall–Kier alpha value is -4.01. The number of rotatable bonds is 14. The van der Waals surface area contributed by atoms with Crippen LogP contribution >= 0.6 is 0 Å². The maximum atomic E-state index is 14.5. The molecule has 5 rings (SSSR count). The van der Waals surface area contributed by atoms with Gasteiger partial charge in [-0.1, -0.05) is 78.9 Å². The van der Waals surface area contributed by atoms with Gasteiger partial charge in [0.25, 0.3) is 0 Å². The molecular weight excluding hydrogens is 586 g/mol. The zero-order valence-electron chi connectivity index (χ0n) is 28.2. The largest absolute Gasteiger partial charge is 0.354 e. The molecule has 1 heterocycles. The first-order valence-electron chi connectivity index (χ1n) is 17.1. The standard InChI is InChI=1S/C39H51N5O3/c1-42-25-10-16-33(42)20-24-41-37(46)34(27-29-12-5-4-6-13-29)44(3)38(47)35(28-30-18-19-31-14-7-8-15-32(31)26-30)43(2)36(45)17-9-21-39(40)22-11-23-39/h4-9,12-15,17-19,26,33-35H,10-11,16,20-25,27-28,40H2,1-3H3,(H,41,46)/b17-9+/t33?,34?,35-/m1/s1. The van der Waals surface area contributed by atoms with Crippen molar-refractivity contribution in [3.63, 3.8) is 0 Å². The minimum atomic E-state index is -0.813. The lowest BCUT2D eigenvalue weighted by molar-refractivity contribution is -0.146. The van der Waals surface area contributed by atoms with E-state index in [0.29, 0.717) is 31.8 Å². The average Bonchev–Trinajstić information content (AvgIpc) is 3.48. The Morgan fingerprint density at radius 3 is 2.30 bits per heavy atom. The van der Waals surface area contributed by atoms with Crippen molar-refractivity contribution >= 4 is 28.5 Å². The summed E-state index contributed by atoms with van der Waals surface area (Å²) in [6, 6.07) is 22.9. The molecule has 3 aromatic rings. The maximum Gasteiger partial charge on any atom is 0.246 e. The van der Waals surface area contributed by atoms with Crippen LogP contribution in [0.5, 0.6) is 0 Å². The van der Waals surface area contributed by atoms with E-state index >= 15 is 0 Å². The van der Waals surface area contributed by atoms with Gasteiger partial charge in [-0.05, 0) is 86.5 Å². The first-order valence-corrected chi connectivity index (χ1v) is 17.1. The predicted molar refractivity (Wildman–Crippen MR) is 189 cm³/mol. The molecule has 250 valence electrons. The van der Waals surface area contributed by atoms with Gasteiger partial charge in [-0.25, -0.2) is 0 Å². The number of hydrogen-bond donors (Lipinski definition) is 2. The highest BCUT2D eigenvalue weighted by molar-refractivity contribution is 5.95. The third kappa shape index (κ3) is 8.87. The number of amides is 3. The lowest BCUT2D eigenvalue weighted by Crippen LogP contribution is -2.56. The molecule has 8 heteroatoms. The van der Waals surface area contributed by atoms with Gasteiger partial charge in [0, 0.05) is 45.1 Å². The lowest BCUT2D eigenvalue weighted by Gasteiger charge is -2.37. The van der Waals surface area contributed by atoms with Crippen LogP contribution in [0.25, 0.3) is 10.8 Å². The molecule has 1 saturated heterocycles. The summed E-state index contributed by atoms with van der Waals surface area (Å²) in [5.41, 5.74) is 8.06. The van der Waals surface area contributed by atoms with E-state index in [1.54, 1.807) is 25.1 Å². The molecule has 47 heavy (non-hydrogen) atoms. The molecule has 8 nitrogen and oxygen atoms in total. The van der Waals surface area contributed by atoms with Crippen LogP contribution in [0.1, 0.15) is 56.1 Å². The van der Waals surface area contributed by atoms with Crippen molar-refractivity contribution < 1.29 is 14.4 Å². The first-order chi connectivity index (χ1) is 22.6. The second-order valence-corrected chi connectivity index (χ2v) is 13.7. The number of benzene rings is 3. The van der Waals surface area contributed by atoms with Crippen LogP contribution < -0.4 is 11.1 Å². The molecule has 2 unspecified atom stereocenters. The highest BCUT2D eigenvalue weighted by atomic mass is 16.2. The Labute approximate surface area is 280 Å². The lowest BCUT2D eigenvalue weighted by atomic mass is 9.75. The fraction of sp³-hybridized carbons (Fsp3) is 0.462. The quantitative estimate of drug-likeness (QED) is 0.250. The molecule has 3 N–H and O–H groups in total. The Morgan fingerprint density at radius 1 is 0.915 bits per heavy atom. The molecular formula is C39H51N5O3. The van der Waals surface area contributed by atoms with E-state index in [4.69, 9.17) is 5.73 Å². The van der Waals surface area contributed by atoms with Gasteiger partial charge in [-0.15, -0.1) is 0 Å². The second kappa shape index (κ2) is 15.7. The minimum Gasteiger partial charge on any atom is -0.354 e. The van der Waals surface area contributed by atoms with Crippen LogP contribution in [0.2, 0.25) is 0 Å². The van der Waals surface area contributed by atoms with Crippen LogP contribution in [0.3, 0.4) is 0 Å². The highest BCUT2D eigenvalue weighted by Gasteiger charge is 2.35. The number of nitrogens with zero attached hydrogens (tertiary/aromatic N) is 3. The van der Waals surface area contributed by atoms with Crippen molar-refractivity contribution in [2.45, 2.75) is 81.5 Å². The summed E-state index contributed by atoms with van der Waals surface area (Å²) in [6.07, 6.45) is 10.9. The summed E-state index contributed by atoms with van der Waals surface area (Å²) in [4.78, 5) is 47.3. The smallest absolute Gasteiger partial charge is 0.246 e. The third-order valence-electron chi connectivity index (χ3n) is 10.3. The predicted octanol–water partition coefficient (Wildman–Crippen LogP) is 4.71.